The minimum Gasteiger partial charge on any atom is -0.308 e. The molecule has 112 valence electrons. The van der Waals surface area contributed by atoms with Crippen LogP contribution in [0.3, 0.4) is 0 Å². The first kappa shape index (κ1) is 16.2. The van der Waals surface area contributed by atoms with E-state index in [0.29, 0.717) is 17.6 Å². The molecule has 1 aliphatic rings. The Hall–Kier alpha value is -0.210. The number of aromatic nitrogens is 1. The zero-order valence-corrected chi connectivity index (χ0v) is 14.5. The predicted octanol–water partition coefficient (Wildman–Crippen LogP) is 2.21. The van der Waals surface area contributed by atoms with Gasteiger partial charge in [-0.2, -0.15) is 4.31 Å². The summed E-state index contributed by atoms with van der Waals surface area (Å²) in [5.41, 5.74) is 0. The quantitative estimate of drug-likeness (QED) is 0.749. The maximum Gasteiger partial charge on any atom is 0.246 e. The van der Waals surface area contributed by atoms with Crippen LogP contribution in [0.25, 0.3) is 0 Å². The van der Waals surface area contributed by atoms with E-state index < -0.39 is 10.0 Å². The van der Waals surface area contributed by atoms with E-state index in [1.165, 1.54) is 12.3 Å². The van der Waals surface area contributed by atoms with Gasteiger partial charge in [-0.15, -0.1) is 0 Å². The third kappa shape index (κ3) is 3.33. The van der Waals surface area contributed by atoms with E-state index >= 15 is 0 Å². The summed E-state index contributed by atoms with van der Waals surface area (Å²) in [6.07, 6.45) is 3.23. The second-order valence-corrected chi connectivity index (χ2v) is 8.25. The Labute approximate surface area is 133 Å². The number of pyridine rings is 1. The molecule has 0 amide bonds. The second-order valence-electron chi connectivity index (χ2n) is 5.12. The van der Waals surface area contributed by atoms with Gasteiger partial charge in [0.2, 0.25) is 10.0 Å². The number of nitrogens with zero attached hydrogens (tertiary/aromatic N) is 3. The van der Waals surface area contributed by atoms with E-state index in [0.717, 1.165) is 12.8 Å². The molecule has 0 saturated carbocycles. The van der Waals surface area contributed by atoms with Crippen molar-refractivity contribution in [1.82, 2.24) is 14.2 Å². The molecule has 1 atom stereocenters. The highest BCUT2D eigenvalue weighted by molar-refractivity contribution is 9.10. The normalized spacial score (nSPS) is 20.8. The van der Waals surface area contributed by atoms with E-state index in [2.05, 4.69) is 20.9 Å². The zero-order valence-electron chi connectivity index (χ0n) is 11.4. The van der Waals surface area contributed by atoms with Crippen LogP contribution in [-0.2, 0) is 10.0 Å². The van der Waals surface area contributed by atoms with Gasteiger partial charge in [-0.25, -0.2) is 13.4 Å². The van der Waals surface area contributed by atoms with Crippen LogP contribution < -0.4 is 0 Å². The van der Waals surface area contributed by atoms with Crippen LogP contribution in [0.4, 0.5) is 0 Å². The minimum atomic E-state index is -3.60. The Kier molecular flexibility index (Phi) is 5.07. The molecule has 8 heteroatoms. The van der Waals surface area contributed by atoms with Crippen LogP contribution in [-0.4, -0.2) is 55.8 Å². The van der Waals surface area contributed by atoms with Gasteiger partial charge in [0.1, 0.15) is 10.0 Å². The summed E-state index contributed by atoms with van der Waals surface area (Å²) in [7, 11) is 0.278. The zero-order chi connectivity index (χ0) is 14.9. The molecule has 1 fully saturated rings. The van der Waals surface area contributed by atoms with Gasteiger partial charge in [0, 0.05) is 29.8 Å². The van der Waals surface area contributed by atoms with Crippen molar-refractivity contribution in [3.8, 4) is 0 Å². The molecule has 2 rings (SSSR count). The SMILES string of the molecule is CN(C)CC1CCCN1S(=O)(=O)c1cc(Br)cnc1Cl. The van der Waals surface area contributed by atoms with Gasteiger partial charge < -0.3 is 4.90 Å². The summed E-state index contributed by atoms with van der Waals surface area (Å²) in [4.78, 5) is 5.97. The highest BCUT2D eigenvalue weighted by Crippen LogP contribution is 2.30. The Balaban J connectivity index is 2.36. The summed E-state index contributed by atoms with van der Waals surface area (Å²) in [6, 6.07) is 1.50. The third-order valence-electron chi connectivity index (χ3n) is 3.26. The molecule has 0 N–H and O–H groups in total. The predicted molar refractivity (Wildman–Crippen MR) is 82.4 cm³/mol. The van der Waals surface area contributed by atoms with E-state index in [1.807, 2.05) is 19.0 Å². The van der Waals surface area contributed by atoms with Gasteiger partial charge in [0.15, 0.2) is 0 Å². The largest absolute Gasteiger partial charge is 0.308 e. The average molecular weight is 383 g/mol. The fraction of sp³-hybridized carbons (Fsp3) is 0.583. The lowest BCUT2D eigenvalue weighted by molar-refractivity contribution is 0.291. The molecule has 0 bridgehead atoms. The summed E-state index contributed by atoms with van der Waals surface area (Å²) in [6.45, 7) is 1.24. The number of rotatable bonds is 4. The van der Waals surface area contributed by atoms with Crippen molar-refractivity contribution in [3.05, 3.63) is 21.9 Å². The van der Waals surface area contributed by atoms with Gasteiger partial charge in [-0.1, -0.05) is 11.6 Å². The fourth-order valence-corrected chi connectivity index (χ4v) is 5.05. The van der Waals surface area contributed by atoms with Crippen molar-refractivity contribution in [1.29, 1.82) is 0 Å². The maximum absolute atomic E-state index is 12.8. The number of halogens is 2. The standard InChI is InChI=1S/C12H17BrClN3O2S/c1-16(2)8-10-4-3-5-17(10)20(18,19)11-6-9(13)7-15-12(11)14/h6-7,10H,3-5,8H2,1-2H3. The van der Waals surface area contributed by atoms with Crippen molar-refractivity contribution >= 4 is 37.6 Å². The molecule has 0 aromatic carbocycles. The monoisotopic (exact) mass is 381 g/mol. The Morgan fingerprint density at radius 3 is 2.90 bits per heavy atom. The van der Waals surface area contributed by atoms with Crippen LogP contribution in [0.5, 0.6) is 0 Å². The Bertz CT molecular complexity index is 594. The molecule has 5 nitrogen and oxygen atoms in total. The van der Waals surface area contributed by atoms with Crippen molar-refractivity contribution in [2.45, 2.75) is 23.8 Å². The highest BCUT2D eigenvalue weighted by Gasteiger charge is 2.36. The molecule has 0 spiro atoms. The van der Waals surface area contributed by atoms with E-state index in [9.17, 15) is 8.42 Å². The molecule has 1 saturated heterocycles. The van der Waals surface area contributed by atoms with Crippen LogP contribution in [0, 0.1) is 0 Å². The molecule has 20 heavy (non-hydrogen) atoms. The maximum atomic E-state index is 12.8. The highest BCUT2D eigenvalue weighted by atomic mass is 79.9. The summed E-state index contributed by atoms with van der Waals surface area (Å²) in [5.74, 6) is 0. The first-order valence-electron chi connectivity index (χ1n) is 6.30. The van der Waals surface area contributed by atoms with Gasteiger partial charge in [0.25, 0.3) is 0 Å². The average Bonchev–Trinajstić information content (AvgIpc) is 2.80. The number of hydrogen-bond donors (Lipinski definition) is 0. The van der Waals surface area contributed by atoms with Gasteiger partial charge in [-0.3, -0.25) is 0 Å². The molecule has 1 aliphatic heterocycles. The smallest absolute Gasteiger partial charge is 0.246 e. The van der Waals surface area contributed by atoms with Crippen LogP contribution in [0.1, 0.15) is 12.8 Å². The minimum absolute atomic E-state index is 0.00921. The number of hydrogen-bond acceptors (Lipinski definition) is 4. The first-order chi connectivity index (χ1) is 9.32. The molecule has 1 unspecified atom stereocenters. The molecule has 1 aromatic rings. The molecule has 1 aromatic heterocycles. The lowest BCUT2D eigenvalue weighted by atomic mass is 10.2. The van der Waals surface area contributed by atoms with Crippen LogP contribution in [0.2, 0.25) is 5.15 Å². The molecule has 0 aliphatic carbocycles. The van der Waals surface area contributed by atoms with Gasteiger partial charge >= 0.3 is 0 Å². The fourth-order valence-electron chi connectivity index (χ4n) is 2.44. The van der Waals surface area contributed by atoms with Crippen molar-refractivity contribution < 1.29 is 8.42 Å². The molecular weight excluding hydrogens is 366 g/mol. The lowest BCUT2D eigenvalue weighted by Gasteiger charge is -2.26. The van der Waals surface area contributed by atoms with Gasteiger partial charge in [0.05, 0.1) is 0 Å². The Morgan fingerprint density at radius 1 is 1.55 bits per heavy atom. The number of sulfonamides is 1. The van der Waals surface area contributed by atoms with E-state index in [4.69, 9.17) is 11.6 Å². The third-order valence-corrected chi connectivity index (χ3v) is 6.07. The first-order valence-corrected chi connectivity index (χ1v) is 8.91. The molecule has 0 radical (unpaired) electrons. The van der Waals surface area contributed by atoms with Crippen molar-refractivity contribution in [3.63, 3.8) is 0 Å². The van der Waals surface area contributed by atoms with E-state index in [-0.39, 0.29) is 16.1 Å². The lowest BCUT2D eigenvalue weighted by Crippen LogP contribution is -2.41. The van der Waals surface area contributed by atoms with Crippen LogP contribution in [0.15, 0.2) is 21.6 Å². The summed E-state index contributed by atoms with van der Waals surface area (Å²) < 4.78 is 27.7. The van der Waals surface area contributed by atoms with Gasteiger partial charge in [-0.05, 0) is 48.9 Å². The van der Waals surface area contributed by atoms with Crippen molar-refractivity contribution in [2.24, 2.45) is 0 Å². The van der Waals surface area contributed by atoms with Crippen LogP contribution >= 0.6 is 27.5 Å². The van der Waals surface area contributed by atoms with E-state index in [1.54, 1.807) is 4.31 Å². The number of likely N-dealkylation sites (N-methyl/N-ethyl adjacent to an activating group) is 1. The van der Waals surface area contributed by atoms with Crippen molar-refractivity contribution in [2.75, 3.05) is 27.2 Å². The topological polar surface area (TPSA) is 53.5 Å². The second kappa shape index (κ2) is 6.27. The summed E-state index contributed by atoms with van der Waals surface area (Å²) in [5, 5.41) is 0.0173. The summed E-state index contributed by atoms with van der Waals surface area (Å²) >= 11 is 9.20. The Morgan fingerprint density at radius 2 is 2.25 bits per heavy atom. The molecular formula is C12H17BrClN3O2S. The molecule has 2 heterocycles.